The minimum atomic E-state index is -4.60. The van der Waals surface area contributed by atoms with E-state index in [1.807, 2.05) is 0 Å². The molecule has 0 amide bonds. The van der Waals surface area contributed by atoms with Crippen LogP contribution >= 0.6 is 0 Å². The van der Waals surface area contributed by atoms with E-state index in [0.29, 0.717) is 30.2 Å². The number of aromatic nitrogens is 1. The number of nitro groups is 1. The summed E-state index contributed by atoms with van der Waals surface area (Å²) >= 11 is 0. The molecule has 12 nitrogen and oxygen atoms in total. The van der Waals surface area contributed by atoms with Crippen LogP contribution in [-0.4, -0.2) is 67.4 Å². The van der Waals surface area contributed by atoms with Crippen molar-refractivity contribution in [2.75, 3.05) is 31.6 Å². The highest BCUT2D eigenvalue weighted by atomic mass is 32.2. The van der Waals surface area contributed by atoms with Gasteiger partial charge in [0.15, 0.2) is 0 Å². The van der Waals surface area contributed by atoms with Crippen LogP contribution in [0, 0.1) is 10.1 Å². The molecule has 2 aromatic carbocycles. The highest BCUT2D eigenvalue weighted by Crippen LogP contribution is 2.37. The van der Waals surface area contributed by atoms with Crippen LogP contribution in [0.4, 0.5) is 24.7 Å². The number of nitrogens with zero attached hydrogens (tertiary/aromatic N) is 4. The molecule has 1 saturated heterocycles. The molecule has 1 unspecified atom stereocenters. The first-order valence-electron chi connectivity index (χ1n) is 13.7. The molecule has 1 aromatic heterocycles. The number of esters is 2. The van der Waals surface area contributed by atoms with Gasteiger partial charge in [0.1, 0.15) is 18.5 Å². The normalized spacial score (nSPS) is 18.7. The van der Waals surface area contributed by atoms with Crippen molar-refractivity contribution in [3.05, 3.63) is 93.2 Å². The van der Waals surface area contributed by atoms with Gasteiger partial charge >= 0.3 is 18.1 Å². The number of ether oxygens (including phenoxy) is 2. The molecule has 238 valence electrons. The van der Waals surface area contributed by atoms with Crippen LogP contribution in [0.1, 0.15) is 34.6 Å². The highest BCUT2D eigenvalue weighted by molar-refractivity contribution is 7.89. The molecular weight excluding hydrogens is 621 g/mol. The summed E-state index contributed by atoms with van der Waals surface area (Å²) in [6, 6.07) is 10.8. The summed E-state index contributed by atoms with van der Waals surface area (Å²) in [5.41, 5.74) is 0.777. The van der Waals surface area contributed by atoms with Crippen molar-refractivity contribution in [3.8, 4) is 0 Å². The molecule has 3 aromatic rings. The zero-order valence-corrected chi connectivity index (χ0v) is 24.6. The second kappa shape index (κ2) is 12.4. The number of fused-ring (bicyclic) bond motifs is 1. The third-order valence-electron chi connectivity index (χ3n) is 7.83. The number of piperazine rings is 1. The van der Waals surface area contributed by atoms with Crippen LogP contribution in [-0.2, 0) is 48.3 Å². The molecule has 0 N–H and O–H groups in total. The van der Waals surface area contributed by atoms with Crippen molar-refractivity contribution in [2.24, 2.45) is 0 Å². The Hall–Kier alpha value is -4.57. The minimum Gasteiger partial charge on any atom is -0.467 e. The third kappa shape index (κ3) is 6.61. The molecule has 16 heteroatoms. The van der Waals surface area contributed by atoms with E-state index in [1.54, 1.807) is 6.07 Å². The van der Waals surface area contributed by atoms with E-state index in [4.69, 9.17) is 9.47 Å². The SMILES string of the molecule is COC(=O)[C@H]1CN(S(=O)(=O)c2ccc3c(c2)C(C(=O)OCc2ccc([N+](=O)[O-])cc2)CC3)CCN1c1ccc(C(F)(F)F)cn1. The van der Waals surface area contributed by atoms with Gasteiger partial charge < -0.3 is 14.4 Å². The average molecular weight is 649 g/mol. The number of non-ortho nitro benzene ring substituents is 1. The number of hydrogen-bond acceptors (Lipinski definition) is 10. The molecule has 1 fully saturated rings. The number of carbonyl (C=O) groups is 2. The molecule has 1 aliphatic carbocycles. The van der Waals surface area contributed by atoms with Crippen molar-refractivity contribution < 1.29 is 45.6 Å². The van der Waals surface area contributed by atoms with Gasteiger partial charge in [-0.25, -0.2) is 18.2 Å². The average Bonchev–Trinajstić information content (AvgIpc) is 3.46. The van der Waals surface area contributed by atoms with E-state index in [2.05, 4.69) is 4.98 Å². The Morgan fingerprint density at radius 3 is 2.42 bits per heavy atom. The molecule has 5 rings (SSSR count). The van der Waals surface area contributed by atoms with E-state index in [-0.39, 0.29) is 42.6 Å². The fraction of sp³-hybridized carbons (Fsp3) is 0.345. The van der Waals surface area contributed by atoms with Crippen LogP contribution in [0.25, 0.3) is 0 Å². The summed E-state index contributed by atoms with van der Waals surface area (Å²) in [6.07, 6.45) is -3.03. The first-order chi connectivity index (χ1) is 21.3. The van der Waals surface area contributed by atoms with Crippen molar-refractivity contribution >= 4 is 33.5 Å². The molecule has 0 bridgehead atoms. The highest BCUT2D eigenvalue weighted by Gasteiger charge is 2.40. The molecule has 0 spiro atoms. The van der Waals surface area contributed by atoms with Gasteiger partial charge in [-0.2, -0.15) is 17.5 Å². The standard InChI is InChI=1S/C29H27F3N4O8S/c1-43-28(38)25-16-34(12-13-35(25)26-11-6-20(15-33-26)29(30,31)32)45(41,42)22-9-4-19-5-10-23(24(19)14-22)27(37)44-17-18-2-7-21(8-3-18)36(39)40/h2-4,6-9,11,14-15,23,25H,5,10,12-13,16-17H2,1H3/t23?,25-/m1/s1. The monoisotopic (exact) mass is 648 g/mol. The summed E-state index contributed by atoms with van der Waals surface area (Å²) in [7, 11) is -3.06. The Kier molecular flexibility index (Phi) is 8.80. The maximum absolute atomic E-state index is 13.8. The third-order valence-corrected chi connectivity index (χ3v) is 9.69. The van der Waals surface area contributed by atoms with Gasteiger partial charge in [-0.1, -0.05) is 6.07 Å². The van der Waals surface area contributed by atoms with Crippen molar-refractivity contribution in [1.82, 2.24) is 9.29 Å². The summed E-state index contributed by atoms with van der Waals surface area (Å²) in [5.74, 6) is -2.02. The predicted molar refractivity (Wildman–Crippen MR) is 152 cm³/mol. The van der Waals surface area contributed by atoms with Gasteiger partial charge in [-0.05, 0) is 65.9 Å². The van der Waals surface area contributed by atoms with E-state index in [1.165, 1.54) is 41.3 Å². The quantitative estimate of drug-likeness (QED) is 0.200. The van der Waals surface area contributed by atoms with Crippen molar-refractivity contribution in [1.29, 1.82) is 0 Å². The zero-order valence-electron chi connectivity index (χ0n) is 23.8. The van der Waals surface area contributed by atoms with Crippen LogP contribution in [0.3, 0.4) is 0 Å². The number of benzene rings is 2. The number of alkyl halides is 3. The first kappa shape index (κ1) is 31.8. The van der Waals surface area contributed by atoms with Gasteiger partial charge in [-0.3, -0.25) is 14.9 Å². The molecule has 1 aliphatic heterocycles. The maximum Gasteiger partial charge on any atom is 0.417 e. The Bertz CT molecular complexity index is 1720. The van der Waals surface area contributed by atoms with Gasteiger partial charge in [0, 0.05) is 38.0 Å². The number of methoxy groups -OCH3 is 1. The Morgan fingerprint density at radius 1 is 1.07 bits per heavy atom. The lowest BCUT2D eigenvalue weighted by Crippen LogP contribution is -2.58. The number of sulfonamides is 1. The minimum absolute atomic E-state index is 0.0557. The zero-order chi connectivity index (χ0) is 32.5. The summed E-state index contributed by atoms with van der Waals surface area (Å²) < 4.78 is 78.0. The number of nitro benzene ring substituents is 1. The van der Waals surface area contributed by atoms with Crippen molar-refractivity contribution in [2.45, 2.75) is 42.5 Å². The Morgan fingerprint density at radius 2 is 1.80 bits per heavy atom. The van der Waals surface area contributed by atoms with Gasteiger partial charge in [0.05, 0.1) is 28.4 Å². The molecular formula is C29H27F3N4O8S. The fourth-order valence-corrected chi connectivity index (χ4v) is 6.89. The van der Waals surface area contributed by atoms with Crippen LogP contribution in [0.15, 0.2) is 65.7 Å². The number of hydrogen-bond donors (Lipinski definition) is 0. The van der Waals surface area contributed by atoms with Gasteiger partial charge in [0.25, 0.3) is 5.69 Å². The van der Waals surface area contributed by atoms with Gasteiger partial charge in [-0.15, -0.1) is 0 Å². The number of carbonyl (C=O) groups excluding carboxylic acids is 2. The Balaban J connectivity index is 1.32. The predicted octanol–water partition coefficient (Wildman–Crippen LogP) is 3.83. The van der Waals surface area contributed by atoms with Gasteiger partial charge in [0.2, 0.25) is 10.0 Å². The second-order valence-electron chi connectivity index (χ2n) is 10.5. The Labute approximate surface area is 255 Å². The van der Waals surface area contributed by atoms with E-state index < -0.39 is 50.6 Å². The molecule has 2 atom stereocenters. The summed E-state index contributed by atoms with van der Waals surface area (Å²) in [4.78, 5) is 41.2. The lowest BCUT2D eigenvalue weighted by molar-refractivity contribution is -0.384. The number of aryl methyl sites for hydroxylation is 1. The molecule has 0 saturated carbocycles. The van der Waals surface area contributed by atoms with Crippen molar-refractivity contribution in [3.63, 3.8) is 0 Å². The molecule has 2 heterocycles. The largest absolute Gasteiger partial charge is 0.467 e. The number of halogens is 3. The van der Waals surface area contributed by atoms with Crippen LogP contribution in [0.2, 0.25) is 0 Å². The fourth-order valence-electron chi connectivity index (χ4n) is 5.42. The van der Waals surface area contributed by atoms with E-state index in [0.717, 1.165) is 29.1 Å². The topological polar surface area (TPSA) is 149 Å². The number of pyridine rings is 1. The first-order valence-corrected chi connectivity index (χ1v) is 15.1. The molecule has 45 heavy (non-hydrogen) atoms. The summed E-state index contributed by atoms with van der Waals surface area (Å²) in [5, 5.41) is 10.9. The summed E-state index contributed by atoms with van der Waals surface area (Å²) in [6.45, 7) is -0.626. The maximum atomic E-state index is 13.8. The molecule has 2 aliphatic rings. The molecule has 0 radical (unpaired) electrons. The van der Waals surface area contributed by atoms with Crippen LogP contribution < -0.4 is 4.90 Å². The number of rotatable bonds is 8. The van der Waals surface area contributed by atoms with E-state index >= 15 is 0 Å². The lowest BCUT2D eigenvalue weighted by Gasteiger charge is -2.39. The number of anilines is 1. The second-order valence-corrected chi connectivity index (χ2v) is 12.4. The van der Waals surface area contributed by atoms with E-state index in [9.17, 15) is 41.3 Å². The lowest BCUT2D eigenvalue weighted by atomic mass is 10.0. The van der Waals surface area contributed by atoms with Crippen LogP contribution in [0.5, 0.6) is 0 Å². The smallest absolute Gasteiger partial charge is 0.417 e.